The summed E-state index contributed by atoms with van der Waals surface area (Å²) in [5.41, 5.74) is 1.80. The number of aromatic nitrogens is 1. The van der Waals surface area contributed by atoms with E-state index in [4.69, 9.17) is 4.74 Å². The maximum atomic E-state index is 12.2. The van der Waals surface area contributed by atoms with Crippen molar-refractivity contribution in [1.82, 2.24) is 4.98 Å². The van der Waals surface area contributed by atoms with Crippen molar-refractivity contribution in [3.63, 3.8) is 0 Å². The summed E-state index contributed by atoms with van der Waals surface area (Å²) in [6.45, 7) is 2.44. The van der Waals surface area contributed by atoms with Crippen LogP contribution in [0.4, 0.5) is 10.8 Å². The molecule has 0 saturated heterocycles. The third kappa shape index (κ3) is 7.01. The van der Waals surface area contributed by atoms with Crippen LogP contribution in [0.5, 0.6) is 0 Å². The van der Waals surface area contributed by atoms with E-state index in [0.29, 0.717) is 34.3 Å². The number of carbonyl (C=O) groups is 3. The van der Waals surface area contributed by atoms with E-state index in [1.807, 2.05) is 23.8 Å². The number of unbranched alkanes of at least 4 members (excludes halogenated alkanes) is 1. The second-order valence-corrected chi connectivity index (χ2v) is 8.50. The summed E-state index contributed by atoms with van der Waals surface area (Å²) in [4.78, 5) is 41.2. The van der Waals surface area contributed by atoms with Crippen molar-refractivity contribution in [3.8, 4) is 0 Å². The normalized spacial score (nSPS) is 10.5. The van der Waals surface area contributed by atoms with E-state index in [1.54, 1.807) is 30.3 Å². The summed E-state index contributed by atoms with van der Waals surface area (Å²) in [7, 11) is 0. The monoisotopic (exact) mass is 457 g/mol. The number of thiophene rings is 1. The minimum absolute atomic E-state index is 0.157. The van der Waals surface area contributed by atoms with Gasteiger partial charge in [0.25, 0.3) is 5.91 Å². The van der Waals surface area contributed by atoms with Gasteiger partial charge in [0.1, 0.15) is 0 Å². The van der Waals surface area contributed by atoms with Crippen LogP contribution in [0.15, 0.2) is 47.2 Å². The topological polar surface area (TPSA) is 97.4 Å². The number of ether oxygens (including phenoxy) is 1. The van der Waals surface area contributed by atoms with Gasteiger partial charge in [-0.05, 0) is 48.6 Å². The summed E-state index contributed by atoms with van der Waals surface area (Å²) in [6, 6.07) is 10.2. The number of rotatable bonds is 10. The Balaban J connectivity index is 1.43. The van der Waals surface area contributed by atoms with Gasteiger partial charge < -0.3 is 10.1 Å². The zero-order valence-electron chi connectivity index (χ0n) is 17.1. The van der Waals surface area contributed by atoms with Crippen LogP contribution in [-0.4, -0.2) is 29.4 Å². The van der Waals surface area contributed by atoms with Crippen molar-refractivity contribution in [2.45, 2.75) is 32.6 Å². The number of esters is 1. The number of thiazole rings is 1. The Labute approximate surface area is 188 Å². The van der Waals surface area contributed by atoms with Crippen molar-refractivity contribution >= 4 is 51.3 Å². The van der Waals surface area contributed by atoms with Crippen molar-refractivity contribution in [2.24, 2.45) is 0 Å². The molecule has 0 aliphatic heterocycles. The fraction of sp³-hybridized carbons (Fsp3) is 0.273. The summed E-state index contributed by atoms with van der Waals surface area (Å²) in [5.74, 6) is -0.710. The predicted molar refractivity (Wildman–Crippen MR) is 123 cm³/mol. The van der Waals surface area contributed by atoms with Crippen LogP contribution in [0.25, 0.3) is 0 Å². The minimum Gasteiger partial charge on any atom is -0.462 e. The van der Waals surface area contributed by atoms with E-state index < -0.39 is 0 Å². The van der Waals surface area contributed by atoms with E-state index in [0.717, 1.165) is 18.5 Å². The lowest BCUT2D eigenvalue weighted by molar-refractivity contribution is -0.116. The van der Waals surface area contributed by atoms with Gasteiger partial charge in [0.05, 0.1) is 22.7 Å². The molecule has 1 aromatic carbocycles. The number of carbonyl (C=O) groups excluding carboxylic acids is 3. The highest BCUT2D eigenvalue weighted by atomic mass is 32.1. The number of aryl methyl sites for hydroxylation is 1. The number of amides is 2. The van der Waals surface area contributed by atoms with Crippen molar-refractivity contribution in [3.05, 3.63) is 63.3 Å². The van der Waals surface area contributed by atoms with E-state index in [-0.39, 0.29) is 24.2 Å². The first-order chi connectivity index (χ1) is 15.0. The molecule has 162 valence electrons. The maximum absolute atomic E-state index is 12.2. The van der Waals surface area contributed by atoms with Gasteiger partial charge in [0.2, 0.25) is 5.91 Å². The van der Waals surface area contributed by atoms with Gasteiger partial charge in [-0.1, -0.05) is 19.4 Å². The maximum Gasteiger partial charge on any atom is 0.338 e. The van der Waals surface area contributed by atoms with Gasteiger partial charge in [-0.25, -0.2) is 9.78 Å². The highest BCUT2D eigenvalue weighted by molar-refractivity contribution is 7.14. The summed E-state index contributed by atoms with van der Waals surface area (Å²) in [6.07, 6.45) is 2.51. The van der Waals surface area contributed by atoms with Crippen LogP contribution in [0, 0.1) is 0 Å². The van der Waals surface area contributed by atoms with Gasteiger partial charge >= 0.3 is 5.97 Å². The van der Waals surface area contributed by atoms with Crippen LogP contribution in [0.1, 0.15) is 51.9 Å². The average Bonchev–Trinajstić information content (AvgIpc) is 3.45. The number of benzene rings is 1. The van der Waals surface area contributed by atoms with Crippen LogP contribution in [-0.2, 0) is 16.0 Å². The van der Waals surface area contributed by atoms with Gasteiger partial charge in [-0.3, -0.25) is 14.9 Å². The quantitative estimate of drug-likeness (QED) is 0.330. The van der Waals surface area contributed by atoms with E-state index in [9.17, 15) is 14.4 Å². The van der Waals surface area contributed by atoms with Gasteiger partial charge in [0.15, 0.2) is 5.13 Å². The number of nitrogens with one attached hydrogen (secondary N) is 2. The Hall–Kier alpha value is -3.04. The number of hydrogen-bond acceptors (Lipinski definition) is 7. The Morgan fingerprint density at radius 3 is 2.58 bits per heavy atom. The highest BCUT2D eigenvalue weighted by Gasteiger charge is 2.11. The van der Waals surface area contributed by atoms with Gasteiger partial charge in [-0.15, -0.1) is 22.7 Å². The van der Waals surface area contributed by atoms with Crippen molar-refractivity contribution < 1.29 is 19.1 Å². The fourth-order valence-electron chi connectivity index (χ4n) is 2.59. The summed E-state index contributed by atoms with van der Waals surface area (Å²) >= 11 is 2.69. The van der Waals surface area contributed by atoms with E-state index >= 15 is 0 Å². The largest absolute Gasteiger partial charge is 0.462 e. The molecule has 9 heteroatoms. The van der Waals surface area contributed by atoms with Crippen LogP contribution in [0.3, 0.4) is 0 Å². The third-order valence-corrected chi connectivity index (χ3v) is 5.94. The molecule has 0 bridgehead atoms. The van der Waals surface area contributed by atoms with E-state index in [2.05, 4.69) is 15.6 Å². The lowest BCUT2D eigenvalue weighted by Crippen LogP contribution is -2.13. The zero-order chi connectivity index (χ0) is 22.1. The number of anilines is 2. The van der Waals surface area contributed by atoms with Crippen LogP contribution < -0.4 is 10.6 Å². The second kappa shape index (κ2) is 11.4. The van der Waals surface area contributed by atoms with E-state index in [1.165, 1.54) is 22.7 Å². The molecule has 3 rings (SSSR count). The van der Waals surface area contributed by atoms with Crippen molar-refractivity contribution in [1.29, 1.82) is 0 Å². The molecule has 2 N–H and O–H groups in total. The Morgan fingerprint density at radius 2 is 1.87 bits per heavy atom. The minimum atomic E-state index is -0.364. The molecule has 2 amide bonds. The lowest BCUT2D eigenvalue weighted by atomic mass is 10.2. The third-order valence-electron chi connectivity index (χ3n) is 4.26. The SMILES string of the molecule is CCCCOC(=O)c1ccc(NC(=O)CCc2csc(NC(=O)c3cccs3)n2)cc1. The Morgan fingerprint density at radius 1 is 1.06 bits per heavy atom. The molecule has 0 aliphatic carbocycles. The lowest BCUT2D eigenvalue weighted by Gasteiger charge is -2.07. The molecule has 7 nitrogen and oxygen atoms in total. The molecule has 0 atom stereocenters. The van der Waals surface area contributed by atoms with Crippen LogP contribution in [0.2, 0.25) is 0 Å². The molecule has 0 saturated carbocycles. The highest BCUT2D eigenvalue weighted by Crippen LogP contribution is 2.19. The average molecular weight is 458 g/mol. The molecule has 2 aromatic heterocycles. The van der Waals surface area contributed by atoms with Crippen molar-refractivity contribution in [2.75, 3.05) is 17.2 Å². The van der Waals surface area contributed by atoms with Gasteiger partial charge in [-0.2, -0.15) is 0 Å². The molecule has 0 radical (unpaired) electrons. The summed E-state index contributed by atoms with van der Waals surface area (Å²) < 4.78 is 5.17. The first-order valence-corrected chi connectivity index (χ1v) is 11.7. The molecule has 3 aromatic rings. The molecule has 0 spiro atoms. The molecule has 2 heterocycles. The Bertz CT molecular complexity index is 1010. The molecular formula is C22H23N3O4S2. The molecule has 31 heavy (non-hydrogen) atoms. The first kappa shape index (κ1) is 22.6. The van der Waals surface area contributed by atoms with Crippen LogP contribution >= 0.6 is 22.7 Å². The predicted octanol–water partition coefficient (Wildman–Crippen LogP) is 4.99. The molecular weight excluding hydrogens is 434 g/mol. The summed E-state index contributed by atoms with van der Waals surface area (Å²) in [5, 5.41) is 9.75. The Kier molecular flexibility index (Phi) is 8.31. The standard InChI is InChI=1S/C22H23N3O4S2/c1-2-3-12-29-21(28)15-6-8-16(9-7-15)23-19(26)11-10-17-14-31-22(24-17)25-20(27)18-5-4-13-30-18/h4-9,13-14H,2-3,10-12H2,1H3,(H,23,26)(H,24,25,27). The number of hydrogen-bond donors (Lipinski definition) is 2. The molecule has 0 aliphatic rings. The molecule has 0 unspecified atom stereocenters. The second-order valence-electron chi connectivity index (χ2n) is 6.69. The fourth-order valence-corrected chi connectivity index (χ4v) is 3.95. The smallest absolute Gasteiger partial charge is 0.338 e. The number of nitrogens with zero attached hydrogens (tertiary/aromatic N) is 1. The zero-order valence-corrected chi connectivity index (χ0v) is 18.7. The van der Waals surface area contributed by atoms with Gasteiger partial charge in [0, 0.05) is 17.5 Å². The molecule has 0 fully saturated rings. The first-order valence-electron chi connectivity index (χ1n) is 9.91.